The second-order valence-electron chi connectivity index (χ2n) is 8.97. The van der Waals surface area contributed by atoms with Gasteiger partial charge < -0.3 is 24.8 Å². The Labute approximate surface area is 193 Å². The molecule has 2 aliphatic heterocycles. The van der Waals surface area contributed by atoms with E-state index in [1.807, 2.05) is 18.6 Å². The molecule has 0 radical (unpaired) electrons. The number of pyridine rings is 2. The summed E-state index contributed by atoms with van der Waals surface area (Å²) in [4.78, 5) is 17.4. The summed E-state index contributed by atoms with van der Waals surface area (Å²) in [5.41, 5.74) is 8.88. The number of fused-ring (bicyclic) bond motifs is 2. The summed E-state index contributed by atoms with van der Waals surface area (Å²) in [6.07, 6.45) is 5.83. The molecule has 2 N–H and O–H groups in total. The van der Waals surface area contributed by atoms with Gasteiger partial charge in [0.25, 0.3) is 0 Å². The third-order valence-electron chi connectivity index (χ3n) is 6.72. The maximum Gasteiger partial charge on any atom is 0.237 e. The first-order chi connectivity index (χ1) is 16.2. The summed E-state index contributed by atoms with van der Waals surface area (Å²) in [6.45, 7) is 8.01. The fraction of sp³-hybridized carbons (Fsp3) is 0.308. The number of hydrogen-bond acceptors (Lipinski definition) is 6. The van der Waals surface area contributed by atoms with Gasteiger partial charge in [0.05, 0.1) is 5.69 Å². The molecule has 1 fully saturated rings. The van der Waals surface area contributed by atoms with Crippen LogP contribution in [0.3, 0.4) is 0 Å². The summed E-state index contributed by atoms with van der Waals surface area (Å²) in [7, 11) is 2.19. The van der Waals surface area contributed by atoms with Gasteiger partial charge in [-0.05, 0) is 49.4 Å². The number of anilines is 2. The van der Waals surface area contributed by atoms with E-state index in [2.05, 4.69) is 69.4 Å². The SMILES string of the molecule is Cc1cc(-c2cnc3[nH]cc(-c4cnc5c(c4)NCCO5)c3c2)ccc1N1CCN(C)CC1. The molecule has 7 heteroatoms. The van der Waals surface area contributed by atoms with Gasteiger partial charge in [0.15, 0.2) is 0 Å². The Balaban J connectivity index is 1.34. The van der Waals surface area contributed by atoms with Crippen molar-refractivity contribution < 1.29 is 4.74 Å². The molecule has 33 heavy (non-hydrogen) atoms. The molecule has 0 spiro atoms. The number of likely N-dealkylation sites (N-methyl/N-ethyl adjacent to an activating group) is 1. The number of nitrogens with one attached hydrogen (secondary N) is 2. The number of hydrogen-bond donors (Lipinski definition) is 2. The Bertz CT molecular complexity index is 1320. The fourth-order valence-electron chi connectivity index (χ4n) is 4.81. The van der Waals surface area contributed by atoms with Gasteiger partial charge in [-0.1, -0.05) is 6.07 Å². The number of benzene rings is 1. The average Bonchev–Trinajstić information content (AvgIpc) is 3.28. The molecule has 1 aromatic carbocycles. The van der Waals surface area contributed by atoms with Crippen molar-refractivity contribution in [1.82, 2.24) is 19.9 Å². The van der Waals surface area contributed by atoms with Crippen LogP contribution in [0.15, 0.2) is 48.9 Å². The maximum absolute atomic E-state index is 5.63. The monoisotopic (exact) mass is 440 g/mol. The molecule has 4 aromatic rings. The van der Waals surface area contributed by atoms with E-state index in [1.165, 1.54) is 16.8 Å². The topological polar surface area (TPSA) is 69.3 Å². The Kier molecular flexibility index (Phi) is 4.91. The Morgan fingerprint density at radius 2 is 1.79 bits per heavy atom. The largest absolute Gasteiger partial charge is 0.474 e. The summed E-state index contributed by atoms with van der Waals surface area (Å²) >= 11 is 0. The summed E-state index contributed by atoms with van der Waals surface area (Å²) in [5, 5.41) is 4.46. The Morgan fingerprint density at radius 1 is 0.939 bits per heavy atom. The number of rotatable bonds is 3. The lowest BCUT2D eigenvalue weighted by Gasteiger charge is -2.35. The van der Waals surface area contributed by atoms with Crippen molar-refractivity contribution >= 4 is 22.4 Å². The predicted molar refractivity (Wildman–Crippen MR) is 133 cm³/mol. The molecule has 5 heterocycles. The Hall–Kier alpha value is -3.58. The highest BCUT2D eigenvalue weighted by molar-refractivity contribution is 5.96. The van der Waals surface area contributed by atoms with E-state index in [0.717, 1.165) is 66.1 Å². The van der Waals surface area contributed by atoms with Crippen LogP contribution in [0.4, 0.5) is 11.4 Å². The molecule has 0 saturated carbocycles. The van der Waals surface area contributed by atoms with Crippen molar-refractivity contribution in [1.29, 1.82) is 0 Å². The van der Waals surface area contributed by atoms with Crippen LogP contribution >= 0.6 is 0 Å². The predicted octanol–water partition coefficient (Wildman–Crippen LogP) is 4.16. The number of nitrogens with zero attached hydrogens (tertiary/aromatic N) is 4. The highest BCUT2D eigenvalue weighted by atomic mass is 16.5. The first-order valence-corrected chi connectivity index (χ1v) is 11.5. The molecule has 168 valence electrons. The van der Waals surface area contributed by atoms with Crippen molar-refractivity contribution in [3.8, 4) is 28.1 Å². The van der Waals surface area contributed by atoms with Gasteiger partial charge in [-0.15, -0.1) is 0 Å². The number of aromatic amines is 1. The van der Waals surface area contributed by atoms with Crippen molar-refractivity contribution in [3.05, 3.63) is 54.5 Å². The molecule has 1 saturated heterocycles. The molecule has 2 aliphatic rings. The molecule has 6 rings (SSSR count). The number of aromatic nitrogens is 3. The summed E-state index contributed by atoms with van der Waals surface area (Å²) in [5.74, 6) is 0.666. The summed E-state index contributed by atoms with van der Waals surface area (Å²) < 4.78 is 5.63. The molecule has 0 amide bonds. The van der Waals surface area contributed by atoms with Gasteiger partial charge in [-0.3, -0.25) is 0 Å². The lowest BCUT2D eigenvalue weighted by atomic mass is 10.0. The van der Waals surface area contributed by atoms with Crippen LogP contribution in [0.2, 0.25) is 0 Å². The van der Waals surface area contributed by atoms with Crippen LogP contribution in [0.25, 0.3) is 33.3 Å². The average molecular weight is 441 g/mol. The molecule has 0 aliphatic carbocycles. The second kappa shape index (κ2) is 8.08. The van der Waals surface area contributed by atoms with Crippen LogP contribution in [0.5, 0.6) is 5.88 Å². The number of ether oxygens (including phenoxy) is 1. The minimum absolute atomic E-state index is 0.646. The van der Waals surface area contributed by atoms with Crippen molar-refractivity contribution in [2.24, 2.45) is 0 Å². The maximum atomic E-state index is 5.63. The Morgan fingerprint density at radius 3 is 2.64 bits per heavy atom. The van der Waals surface area contributed by atoms with Crippen molar-refractivity contribution in [2.75, 3.05) is 56.6 Å². The highest BCUT2D eigenvalue weighted by Gasteiger charge is 2.17. The van der Waals surface area contributed by atoms with E-state index in [0.29, 0.717) is 12.5 Å². The number of H-pyrrole nitrogens is 1. The van der Waals surface area contributed by atoms with Gasteiger partial charge in [0, 0.05) is 79.1 Å². The van der Waals surface area contributed by atoms with Gasteiger partial charge in [-0.25, -0.2) is 9.97 Å². The van der Waals surface area contributed by atoms with Gasteiger partial charge >= 0.3 is 0 Å². The third-order valence-corrected chi connectivity index (χ3v) is 6.72. The van der Waals surface area contributed by atoms with Gasteiger partial charge in [0.2, 0.25) is 5.88 Å². The second-order valence-corrected chi connectivity index (χ2v) is 8.97. The lowest BCUT2D eigenvalue weighted by Crippen LogP contribution is -2.44. The zero-order valence-corrected chi connectivity index (χ0v) is 19.1. The quantitative estimate of drug-likeness (QED) is 0.499. The number of aryl methyl sites for hydroxylation is 1. The molecule has 0 atom stereocenters. The minimum Gasteiger partial charge on any atom is -0.474 e. The first-order valence-electron chi connectivity index (χ1n) is 11.5. The molecule has 3 aromatic heterocycles. The smallest absolute Gasteiger partial charge is 0.237 e. The normalized spacial score (nSPS) is 16.4. The molecule has 7 nitrogen and oxygen atoms in total. The standard InChI is InChI=1S/C26H28N6O/c1-17-11-18(3-4-24(17)32-8-6-31(2)7-9-32)19-12-21-22(16-29-25(21)28-14-19)20-13-23-26(30-15-20)33-10-5-27-23/h3-4,11-16,27H,5-10H2,1-2H3,(H,28,29). The zero-order valence-electron chi connectivity index (χ0n) is 19.1. The van der Waals surface area contributed by atoms with E-state index < -0.39 is 0 Å². The van der Waals surface area contributed by atoms with Crippen LogP contribution in [0.1, 0.15) is 5.56 Å². The van der Waals surface area contributed by atoms with E-state index in [9.17, 15) is 0 Å². The first kappa shape index (κ1) is 20.1. The molecular formula is C26H28N6O. The van der Waals surface area contributed by atoms with E-state index in [1.54, 1.807) is 0 Å². The highest BCUT2D eigenvalue weighted by Crippen LogP contribution is 2.35. The van der Waals surface area contributed by atoms with Crippen LogP contribution in [0, 0.1) is 6.92 Å². The molecule has 0 bridgehead atoms. The van der Waals surface area contributed by atoms with Crippen molar-refractivity contribution in [3.63, 3.8) is 0 Å². The van der Waals surface area contributed by atoms with Gasteiger partial charge in [-0.2, -0.15) is 0 Å². The van der Waals surface area contributed by atoms with Crippen LogP contribution in [-0.4, -0.2) is 66.2 Å². The number of piperazine rings is 1. The molecule has 0 unspecified atom stereocenters. The van der Waals surface area contributed by atoms with E-state index >= 15 is 0 Å². The van der Waals surface area contributed by atoms with Crippen LogP contribution in [-0.2, 0) is 0 Å². The fourth-order valence-corrected chi connectivity index (χ4v) is 4.81. The molecular weight excluding hydrogens is 412 g/mol. The van der Waals surface area contributed by atoms with E-state index in [4.69, 9.17) is 9.72 Å². The third kappa shape index (κ3) is 3.68. The lowest BCUT2D eigenvalue weighted by molar-refractivity contribution is 0.310. The summed E-state index contributed by atoms with van der Waals surface area (Å²) in [6, 6.07) is 11.1. The van der Waals surface area contributed by atoms with Crippen LogP contribution < -0.4 is 15.0 Å². The zero-order chi connectivity index (χ0) is 22.4. The van der Waals surface area contributed by atoms with E-state index in [-0.39, 0.29) is 0 Å². The minimum atomic E-state index is 0.646. The van der Waals surface area contributed by atoms with Gasteiger partial charge in [0.1, 0.15) is 12.3 Å². The van der Waals surface area contributed by atoms with Crippen molar-refractivity contribution in [2.45, 2.75) is 6.92 Å².